The van der Waals surface area contributed by atoms with Crippen molar-refractivity contribution in [2.24, 2.45) is 0 Å². The third kappa shape index (κ3) is 4.97. The smallest absolute Gasteiger partial charge is 0.255 e. The van der Waals surface area contributed by atoms with Gasteiger partial charge in [-0.1, -0.05) is 12.1 Å². The van der Waals surface area contributed by atoms with Crippen molar-refractivity contribution in [3.63, 3.8) is 0 Å². The molecule has 0 fully saturated rings. The first kappa shape index (κ1) is 17.8. The molecule has 1 unspecified atom stereocenters. The highest BCUT2D eigenvalue weighted by molar-refractivity contribution is 7.83. The Morgan fingerprint density at radius 3 is 2.65 bits per heavy atom. The number of ether oxygens (including phenoxy) is 1. The van der Waals surface area contributed by atoms with E-state index in [2.05, 4.69) is 15.3 Å². The van der Waals surface area contributed by atoms with E-state index < -0.39 is 10.8 Å². The summed E-state index contributed by atoms with van der Waals surface area (Å²) in [5, 5.41) is 2.83. The molecule has 0 bridgehead atoms. The van der Waals surface area contributed by atoms with Gasteiger partial charge in [0.05, 0.1) is 6.20 Å². The highest BCUT2D eigenvalue weighted by atomic mass is 32.2. The quantitative estimate of drug-likeness (QED) is 0.722. The number of nitrogens with one attached hydrogen (secondary N) is 1. The van der Waals surface area contributed by atoms with Crippen LogP contribution >= 0.6 is 0 Å². The minimum atomic E-state index is -0.951. The van der Waals surface area contributed by atoms with Gasteiger partial charge in [0, 0.05) is 46.5 Å². The Balaban J connectivity index is 1.65. The van der Waals surface area contributed by atoms with E-state index in [1.807, 2.05) is 6.07 Å². The zero-order chi connectivity index (χ0) is 18.4. The zero-order valence-corrected chi connectivity index (χ0v) is 14.9. The number of aromatic nitrogens is 2. The van der Waals surface area contributed by atoms with E-state index in [9.17, 15) is 9.00 Å². The fraction of sp³-hybridized carbons (Fsp3) is 0.105. The van der Waals surface area contributed by atoms with Crippen molar-refractivity contribution in [1.82, 2.24) is 9.97 Å². The van der Waals surface area contributed by atoms with Crippen molar-refractivity contribution in [2.45, 2.75) is 5.75 Å². The van der Waals surface area contributed by atoms with Gasteiger partial charge in [-0.3, -0.25) is 14.0 Å². The van der Waals surface area contributed by atoms with Crippen LogP contribution in [0.1, 0.15) is 15.9 Å². The molecule has 6 nitrogen and oxygen atoms in total. The van der Waals surface area contributed by atoms with Crippen LogP contribution in [0.3, 0.4) is 0 Å². The molecule has 0 saturated heterocycles. The number of nitrogens with zero attached hydrogens (tertiary/aromatic N) is 2. The molecule has 26 heavy (non-hydrogen) atoms. The summed E-state index contributed by atoms with van der Waals surface area (Å²) in [5.74, 6) is 1.19. The summed E-state index contributed by atoms with van der Waals surface area (Å²) in [4.78, 5) is 20.4. The Labute approximate surface area is 153 Å². The summed E-state index contributed by atoms with van der Waals surface area (Å²) in [7, 11) is -0.951. The van der Waals surface area contributed by atoms with E-state index in [0.29, 0.717) is 28.6 Å². The molecule has 2 aromatic carbocycles. The largest absolute Gasteiger partial charge is 0.438 e. The molecule has 1 atom stereocenters. The average Bonchev–Trinajstić information content (AvgIpc) is 2.64. The second kappa shape index (κ2) is 8.35. The molecule has 3 aromatic rings. The molecule has 0 spiro atoms. The van der Waals surface area contributed by atoms with E-state index in [0.717, 1.165) is 5.56 Å². The van der Waals surface area contributed by atoms with Crippen LogP contribution in [-0.4, -0.2) is 26.3 Å². The molecule has 1 N–H and O–H groups in total. The van der Waals surface area contributed by atoms with E-state index in [4.69, 9.17) is 4.74 Å². The molecule has 132 valence electrons. The van der Waals surface area contributed by atoms with Crippen molar-refractivity contribution in [2.75, 3.05) is 11.6 Å². The number of benzene rings is 2. The molecule has 3 rings (SSSR count). The number of anilines is 1. The van der Waals surface area contributed by atoms with E-state index in [1.165, 1.54) is 6.20 Å². The lowest BCUT2D eigenvalue weighted by Crippen LogP contribution is -2.12. The highest BCUT2D eigenvalue weighted by Gasteiger charge is 2.08. The summed E-state index contributed by atoms with van der Waals surface area (Å²) >= 11 is 0. The van der Waals surface area contributed by atoms with E-state index >= 15 is 0 Å². The fourth-order valence-corrected chi connectivity index (χ4v) is 2.95. The first-order valence-corrected chi connectivity index (χ1v) is 9.57. The van der Waals surface area contributed by atoms with Crippen molar-refractivity contribution in [3.05, 3.63) is 78.2 Å². The first-order chi connectivity index (χ1) is 12.6. The van der Waals surface area contributed by atoms with Crippen molar-refractivity contribution < 1.29 is 13.7 Å². The molecule has 7 heteroatoms. The number of rotatable bonds is 6. The molecule has 0 aliphatic carbocycles. The predicted molar refractivity (Wildman–Crippen MR) is 101 cm³/mol. The zero-order valence-electron chi connectivity index (χ0n) is 14.1. The minimum Gasteiger partial charge on any atom is -0.438 e. The second-order valence-corrected chi connectivity index (χ2v) is 6.98. The van der Waals surface area contributed by atoms with Gasteiger partial charge in [-0.25, -0.2) is 4.98 Å². The van der Waals surface area contributed by atoms with Crippen LogP contribution in [0.4, 0.5) is 5.69 Å². The second-order valence-electron chi connectivity index (χ2n) is 5.54. The Morgan fingerprint density at radius 2 is 1.96 bits per heavy atom. The van der Waals surface area contributed by atoms with Gasteiger partial charge in [0.2, 0.25) is 5.88 Å². The van der Waals surface area contributed by atoms with Gasteiger partial charge in [0.25, 0.3) is 5.91 Å². The van der Waals surface area contributed by atoms with Crippen LogP contribution in [0.2, 0.25) is 0 Å². The number of hydrogen-bond donors (Lipinski definition) is 1. The summed E-state index contributed by atoms with van der Waals surface area (Å²) in [6.45, 7) is 0. The molecule has 1 heterocycles. The molecule has 0 radical (unpaired) electrons. The van der Waals surface area contributed by atoms with Gasteiger partial charge in [-0.15, -0.1) is 0 Å². The van der Waals surface area contributed by atoms with Crippen LogP contribution in [-0.2, 0) is 16.6 Å². The standard InChI is InChI=1S/C19H17N3O3S/c1-26(24)13-14-3-2-4-15(11-14)19(23)22-16-5-7-17(8-6-16)25-18-12-20-9-10-21-18/h2-12H,13H2,1H3,(H,22,23). The Kier molecular flexibility index (Phi) is 5.70. The molecular formula is C19H17N3O3S. The number of carbonyl (C=O) groups excluding carboxylic acids is 1. The van der Waals surface area contributed by atoms with Crippen molar-refractivity contribution >= 4 is 22.4 Å². The fourth-order valence-electron chi connectivity index (χ4n) is 2.31. The topological polar surface area (TPSA) is 81.2 Å². The Hall–Kier alpha value is -3.06. The van der Waals surface area contributed by atoms with Crippen LogP contribution in [0.15, 0.2) is 67.1 Å². The summed E-state index contributed by atoms with van der Waals surface area (Å²) < 4.78 is 16.9. The van der Waals surface area contributed by atoms with E-state index in [1.54, 1.807) is 61.1 Å². The Bertz CT molecular complexity index is 915. The maximum Gasteiger partial charge on any atom is 0.255 e. The van der Waals surface area contributed by atoms with Crippen LogP contribution in [0.5, 0.6) is 11.6 Å². The maximum absolute atomic E-state index is 12.4. The van der Waals surface area contributed by atoms with E-state index in [-0.39, 0.29) is 5.91 Å². The Morgan fingerprint density at radius 1 is 1.15 bits per heavy atom. The average molecular weight is 367 g/mol. The number of carbonyl (C=O) groups is 1. The van der Waals surface area contributed by atoms with Gasteiger partial charge in [0.15, 0.2) is 0 Å². The SMILES string of the molecule is CS(=O)Cc1cccc(C(=O)Nc2ccc(Oc3cnccn3)cc2)c1. The summed E-state index contributed by atoms with van der Waals surface area (Å²) in [6.07, 6.45) is 6.27. The maximum atomic E-state index is 12.4. The molecule has 0 aliphatic rings. The van der Waals surface area contributed by atoms with Gasteiger partial charge in [-0.05, 0) is 42.0 Å². The number of hydrogen-bond acceptors (Lipinski definition) is 5. The van der Waals surface area contributed by atoms with Gasteiger partial charge in [0.1, 0.15) is 5.75 Å². The van der Waals surface area contributed by atoms with Gasteiger partial charge >= 0.3 is 0 Å². The minimum absolute atomic E-state index is 0.226. The van der Waals surface area contributed by atoms with Crippen LogP contribution in [0, 0.1) is 0 Å². The lowest BCUT2D eigenvalue weighted by Gasteiger charge is -2.08. The third-order valence-electron chi connectivity index (χ3n) is 3.43. The van der Waals surface area contributed by atoms with Crippen molar-refractivity contribution in [3.8, 4) is 11.6 Å². The molecule has 0 aliphatic heterocycles. The predicted octanol–water partition coefficient (Wildman–Crippen LogP) is 3.40. The molecule has 0 saturated carbocycles. The molecule has 1 amide bonds. The summed E-state index contributed by atoms with van der Waals surface area (Å²) in [5.41, 5.74) is 2.03. The van der Waals surface area contributed by atoms with Gasteiger partial charge < -0.3 is 10.1 Å². The highest BCUT2D eigenvalue weighted by Crippen LogP contribution is 2.21. The lowest BCUT2D eigenvalue weighted by atomic mass is 10.1. The normalized spacial score (nSPS) is 11.6. The monoisotopic (exact) mass is 367 g/mol. The molecular weight excluding hydrogens is 350 g/mol. The van der Waals surface area contributed by atoms with Gasteiger partial charge in [-0.2, -0.15) is 0 Å². The third-order valence-corrected chi connectivity index (χ3v) is 4.17. The first-order valence-electron chi connectivity index (χ1n) is 7.84. The number of amides is 1. The van der Waals surface area contributed by atoms with Crippen LogP contribution < -0.4 is 10.1 Å². The van der Waals surface area contributed by atoms with Crippen LogP contribution in [0.25, 0.3) is 0 Å². The summed E-state index contributed by atoms with van der Waals surface area (Å²) in [6, 6.07) is 14.1. The van der Waals surface area contributed by atoms with Crippen molar-refractivity contribution in [1.29, 1.82) is 0 Å². The lowest BCUT2D eigenvalue weighted by molar-refractivity contribution is 0.102. The molecule has 1 aromatic heterocycles.